The van der Waals surface area contributed by atoms with Crippen molar-refractivity contribution in [2.75, 3.05) is 94.5 Å². The first-order valence-corrected chi connectivity index (χ1v) is 41.3. The number of carbonyl (C=O) groups excluding carboxylic acids is 4. The Bertz CT molecular complexity index is 4080. The second kappa shape index (κ2) is 32.0. The lowest BCUT2D eigenvalue weighted by atomic mass is 9.33. The summed E-state index contributed by atoms with van der Waals surface area (Å²) in [7, 11) is -11.0. The number of piperazine rings is 2. The summed E-state index contributed by atoms with van der Waals surface area (Å²) in [5, 5.41) is 19.9. The van der Waals surface area contributed by atoms with Crippen LogP contribution in [0.2, 0.25) is 0 Å². The number of rotatable bonds is 29. The van der Waals surface area contributed by atoms with Crippen molar-refractivity contribution in [2.45, 2.75) is 189 Å². The predicted molar refractivity (Wildman–Crippen MR) is 400 cm³/mol. The largest absolute Gasteiger partial charge is 0.501 e. The van der Waals surface area contributed by atoms with Crippen molar-refractivity contribution in [3.05, 3.63) is 131 Å². The Morgan fingerprint density at radius 1 is 0.786 bits per heavy atom. The van der Waals surface area contributed by atoms with Crippen LogP contribution in [0.25, 0.3) is 10.4 Å². The van der Waals surface area contributed by atoms with Gasteiger partial charge in [0.2, 0.25) is 17.7 Å². The minimum atomic E-state index is -6.14. The molecular formula is C77H103F3N10O9S4. The number of aliphatic hydroxyl groups is 1. The van der Waals surface area contributed by atoms with Gasteiger partial charge < -0.3 is 40.7 Å². The van der Waals surface area contributed by atoms with E-state index < -0.39 is 82.3 Å². The van der Waals surface area contributed by atoms with Crippen molar-refractivity contribution in [1.82, 2.24) is 39.9 Å². The highest BCUT2D eigenvalue weighted by atomic mass is 32.2. The summed E-state index contributed by atoms with van der Waals surface area (Å²) >= 11 is 3.00. The summed E-state index contributed by atoms with van der Waals surface area (Å²) in [6.07, 6.45) is 10.5. The van der Waals surface area contributed by atoms with Gasteiger partial charge in [-0.1, -0.05) is 108 Å². The molecule has 560 valence electrons. The number of aliphatic hydroxyl groups excluding tert-OH is 1. The molecular weight excluding hydrogens is 1390 g/mol. The van der Waals surface area contributed by atoms with Gasteiger partial charge in [0.1, 0.15) is 17.0 Å². The molecule has 4 amide bonds. The van der Waals surface area contributed by atoms with Crippen molar-refractivity contribution in [3.63, 3.8) is 0 Å². The van der Waals surface area contributed by atoms with E-state index in [2.05, 4.69) is 61.3 Å². The van der Waals surface area contributed by atoms with Crippen LogP contribution in [0.15, 0.2) is 128 Å². The first-order valence-electron chi connectivity index (χ1n) is 36.5. The molecule has 2 unspecified atom stereocenters. The van der Waals surface area contributed by atoms with Gasteiger partial charge in [-0.05, 0) is 166 Å². The molecule has 0 radical (unpaired) electrons. The maximum absolute atomic E-state index is 14.6. The maximum atomic E-state index is 14.6. The number of alkyl halides is 3. The molecule has 12 rings (SSSR count). The number of allylic oxidation sites excluding steroid dienone is 1. The Labute approximate surface area is 614 Å². The molecule has 103 heavy (non-hydrogen) atoms. The number of sulfonamides is 1. The number of hydrogen-bond donors (Lipinski definition) is 5. The number of amides is 4. The van der Waals surface area contributed by atoms with E-state index in [-0.39, 0.29) is 42.8 Å². The van der Waals surface area contributed by atoms with Gasteiger partial charge in [0.15, 0.2) is 0 Å². The van der Waals surface area contributed by atoms with Crippen LogP contribution in [0.4, 0.5) is 24.5 Å². The molecule has 3 saturated carbocycles. The zero-order valence-corrected chi connectivity index (χ0v) is 64.0. The molecule has 19 nitrogen and oxygen atoms in total. The van der Waals surface area contributed by atoms with E-state index >= 15 is 0 Å². The van der Waals surface area contributed by atoms with Gasteiger partial charge in [0, 0.05) is 113 Å². The Morgan fingerprint density at radius 2 is 1.44 bits per heavy atom. The van der Waals surface area contributed by atoms with Crippen LogP contribution in [-0.4, -0.2) is 184 Å². The summed E-state index contributed by atoms with van der Waals surface area (Å²) < 4.78 is 100. The van der Waals surface area contributed by atoms with E-state index in [4.69, 9.17) is 0 Å². The number of benzene rings is 4. The molecule has 3 saturated heterocycles. The standard InChI is InChI=1S/C77H103F3N10O9S4/c1-52(54-19-21-55(22-20-54)68-53(2)81-51-101-68)82-71(94)65-42-60(91)46-90(65)72(95)69(73(3,4)5)84-67(92)18-14-9-10-15-32-86-34-36-87(37-35-86)33-30-58(47-100-61-16-12-11-13-17-61)83-64-28-27-62(43-66(64)102(96,97)77(78,79)80)103(98,99)85-70(93)56-23-25-59(26-24-56)89-40-38-88(39-41-89)45-57-29-31-74(6,7)44-63(57)76-48-75(8,49-76)50-76/h11-13,16-17,19-28,43,51-52,58,60,65,69,83,91H,9-10,14-15,18,29-42,44-50H2,1-8H3,(H,82,94)(H,84,92)(H,85,93)/t52-,58?,60+,65-,69?,75?,76?/m0/s1. The number of hydrogen-bond acceptors (Lipinski definition) is 17. The number of halogens is 3. The third-order valence-corrected chi connectivity index (χ3v) is 27.0. The normalized spacial score (nSPS) is 22.9. The van der Waals surface area contributed by atoms with E-state index in [9.17, 15) is 54.3 Å². The molecule has 5 atom stereocenters. The van der Waals surface area contributed by atoms with Gasteiger partial charge in [-0.15, -0.1) is 23.1 Å². The number of thioether (sulfide) groups is 1. The van der Waals surface area contributed by atoms with Crippen molar-refractivity contribution < 1.29 is 54.3 Å². The number of nitrogens with one attached hydrogen (secondary N) is 4. The van der Waals surface area contributed by atoms with Crippen molar-refractivity contribution in [3.8, 4) is 10.4 Å². The van der Waals surface area contributed by atoms with Gasteiger partial charge in [0.05, 0.1) is 38.8 Å². The molecule has 7 aliphatic rings. The lowest BCUT2D eigenvalue weighted by Gasteiger charge is -2.72. The fourth-order valence-corrected chi connectivity index (χ4v) is 20.1. The SMILES string of the molecule is Cc1ncsc1-c1ccc([C@H](C)NC(=O)[C@@H]2C[C@@H](O)CN2C(=O)C(NC(=O)CCCCCCN2CCN(CCC(CSc3ccccc3)Nc3ccc(S(=O)(=O)NC(=O)c4ccc(N5CCN(CC6=C(C78CC(C)(C7)C8)CC(C)(C)CC6)CC5)cc4)cc3S(=O)(=O)C(F)(F)F)CC2)C(C)(C)C)cc1. The number of aromatic nitrogens is 1. The second-order valence-corrected chi connectivity index (χ2v) is 37.4. The number of thiazole rings is 1. The van der Waals surface area contributed by atoms with E-state index in [0.717, 1.165) is 122 Å². The molecule has 2 bridgehead atoms. The fraction of sp³-hybridized carbons (Fsp3) is 0.571. The monoisotopic (exact) mass is 1500 g/mol. The minimum Gasteiger partial charge on any atom is -0.391 e. The first kappa shape index (κ1) is 77.7. The van der Waals surface area contributed by atoms with Crippen molar-refractivity contribution in [1.29, 1.82) is 0 Å². The first-order chi connectivity index (χ1) is 48.7. The Balaban J connectivity index is 0.632. The van der Waals surface area contributed by atoms with Gasteiger partial charge in [0.25, 0.3) is 25.8 Å². The fourth-order valence-electron chi connectivity index (χ4n) is 16.2. The molecule has 4 aliphatic carbocycles. The lowest BCUT2D eigenvalue weighted by Crippen LogP contribution is -2.61. The number of likely N-dealkylation sites (tertiary alicyclic amines) is 1. The zero-order chi connectivity index (χ0) is 73.9. The van der Waals surface area contributed by atoms with E-state index in [1.807, 2.05) is 99.4 Å². The van der Waals surface area contributed by atoms with Crippen molar-refractivity contribution in [2.24, 2.45) is 21.7 Å². The van der Waals surface area contributed by atoms with Gasteiger partial charge in [-0.25, -0.2) is 26.5 Å². The molecule has 6 fully saturated rings. The van der Waals surface area contributed by atoms with Crippen molar-refractivity contribution >= 4 is 78.0 Å². The third kappa shape index (κ3) is 18.9. The van der Waals surface area contributed by atoms with Crippen LogP contribution in [0.5, 0.6) is 0 Å². The van der Waals surface area contributed by atoms with Crippen LogP contribution in [0.3, 0.4) is 0 Å². The number of nitrogens with zero attached hydrogens (tertiary/aromatic N) is 6. The topological polar surface area (TPSA) is 234 Å². The molecule has 26 heteroatoms. The number of anilines is 2. The van der Waals surface area contributed by atoms with Gasteiger partial charge in [-0.3, -0.25) is 24.1 Å². The van der Waals surface area contributed by atoms with Crippen LogP contribution < -0.4 is 25.6 Å². The smallest absolute Gasteiger partial charge is 0.391 e. The van der Waals surface area contributed by atoms with Crippen LogP contribution in [0.1, 0.15) is 160 Å². The molecule has 5 N–H and O–H groups in total. The molecule has 1 aromatic heterocycles. The zero-order valence-electron chi connectivity index (χ0n) is 60.7. The Morgan fingerprint density at radius 3 is 2.07 bits per heavy atom. The summed E-state index contributed by atoms with van der Waals surface area (Å²) in [6.45, 7) is 25.2. The average Bonchev–Trinajstić information content (AvgIpc) is 1.29. The highest BCUT2D eigenvalue weighted by Gasteiger charge is 2.67. The van der Waals surface area contributed by atoms with E-state index in [1.165, 1.54) is 60.9 Å². The number of carbonyl (C=O) groups is 4. The van der Waals surface area contributed by atoms with E-state index in [0.29, 0.717) is 60.5 Å². The highest BCUT2D eigenvalue weighted by molar-refractivity contribution is 7.99. The maximum Gasteiger partial charge on any atom is 0.501 e. The summed E-state index contributed by atoms with van der Waals surface area (Å²) in [5.74, 6) is -1.77. The Kier molecular flexibility index (Phi) is 24.1. The quantitative estimate of drug-likeness (QED) is 0.0170. The van der Waals surface area contributed by atoms with Crippen LogP contribution in [-0.2, 0) is 34.2 Å². The predicted octanol–water partition coefficient (Wildman–Crippen LogP) is 12.3. The third-order valence-electron chi connectivity index (χ3n) is 22.0. The second-order valence-electron chi connectivity index (χ2n) is 31.9. The summed E-state index contributed by atoms with van der Waals surface area (Å²) in [5.41, 5.74) is 3.29. The molecule has 4 heterocycles. The van der Waals surface area contributed by atoms with Gasteiger partial charge >= 0.3 is 5.51 Å². The summed E-state index contributed by atoms with van der Waals surface area (Å²) in [4.78, 5) is 70.2. The molecule has 3 aliphatic heterocycles. The Hall–Kier alpha value is -6.39. The van der Waals surface area contributed by atoms with Gasteiger partial charge in [-0.2, -0.15) is 13.2 Å². The molecule has 4 aromatic carbocycles. The minimum absolute atomic E-state index is 0.00144. The summed E-state index contributed by atoms with van der Waals surface area (Å²) in [6, 6.07) is 23.5. The highest BCUT2D eigenvalue weighted by Crippen LogP contribution is 2.77. The molecule has 5 aromatic rings. The number of unbranched alkanes of at least 4 members (excludes halogenated alkanes) is 3. The van der Waals surface area contributed by atoms with Crippen LogP contribution >= 0.6 is 23.1 Å². The van der Waals surface area contributed by atoms with Crippen LogP contribution in [0, 0.1) is 28.6 Å². The number of aryl methyl sites for hydroxylation is 1. The molecule has 0 spiro atoms. The van der Waals surface area contributed by atoms with E-state index in [1.54, 1.807) is 34.6 Å². The number of β-amino-alcohol motifs (C(OH)–C–C–N with tert-alkyl or cyclic N) is 1. The average molecular weight is 1500 g/mol. The lowest BCUT2D eigenvalue weighted by molar-refractivity contribution is -0.167. The number of sulfone groups is 1.